The number of anilines is 1. The van der Waals surface area contributed by atoms with Gasteiger partial charge in [0.25, 0.3) is 5.91 Å². The highest BCUT2D eigenvalue weighted by molar-refractivity contribution is 7.89. The number of hydrogen-bond donors (Lipinski definition) is 1. The maximum atomic E-state index is 12.5. The predicted octanol–water partition coefficient (Wildman–Crippen LogP) is 3.68. The third-order valence-electron chi connectivity index (χ3n) is 3.70. The van der Waals surface area contributed by atoms with E-state index in [-0.39, 0.29) is 10.8 Å². The number of sulfonamides is 1. The van der Waals surface area contributed by atoms with E-state index in [0.29, 0.717) is 11.4 Å². The third-order valence-corrected chi connectivity index (χ3v) is 7.40. The zero-order chi connectivity index (χ0) is 18.9. The van der Waals surface area contributed by atoms with E-state index in [1.807, 2.05) is 17.5 Å². The Balaban J connectivity index is 1.86. The number of rotatable bonds is 5. The van der Waals surface area contributed by atoms with Crippen molar-refractivity contribution in [1.29, 1.82) is 0 Å². The Bertz CT molecular complexity index is 1040. The van der Waals surface area contributed by atoms with E-state index in [4.69, 9.17) is 0 Å². The van der Waals surface area contributed by atoms with Crippen molar-refractivity contribution in [3.8, 4) is 9.88 Å². The van der Waals surface area contributed by atoms with Gasteiger partial charge in [0, 0.05) is 25.2 Å². The number of amides is 1. The summed E-state index contributed by atoms with van der Waals surface area (Å²) in [7, 11) is -0.638. The van der Waals surface area contributed by atoms with E-state index in [1.165, 1.54) is 37.6 Å². The van der Waals surface area contributed by atoms with E-state index in [2.05, 4.69) is 10.3 Å². The zero-order valence-corrected chi connectivity index (χ0v) is 16.8. The van der Waals surface area contributed by atoms with Gasteiger partial charge >= 0.3 is 0 Å². The van der Waals surface area contributed by atoms with Crippen molar-refractivity contribution in [3.05, 3.63) is 52.3 Å². The summed E-state index contributed by atoms with van der Waals surface area (Å²) < 4.78 is 25.7. The first kappa shape index (κ1) is 18.7. The molecule has 1 amide bonds. The predicted molar refractivity (Wildman–Crippen MR) is 105 cm³/mol. The SMILES string of the molecule is Cc1ccc(S(=O)(=O)N(C)C)cc1NC(=O)c1csc(-c2cccs2)n1. The largest absolute Gasteiger partial charge is 0.320 e. The first-order valence-corrected chi connectivity index (χ1v) is 10.8. The Labute approximate surface area is 160 Å². The fourth-order valence-electron chi connectivity index (χ4n) is 2.18. The highest BCUT2D eigenvalue weighted by atomic mass is 32.2. The molecular weight excluding hydrogens is 390 g/mol. The van der Waals surface area contributed by atoms with Gasteiger partial charge in [-0.15, -0.1) is 22.7 Å². The van der Waals surface area contributed by atoms with Gasteiger partial charge in [0.1, 0.15) is 10.7 Å². The van der Waals surface area contributed by atoms with Crippen molar-refractivity contribution in [2.45, 2.75) is 11.8 Å². The fourth-order valence-corrected chi connectivity index (χ4v) is 4.73. The van der Waals surface area contributed by atoms with Crippen LogP contribution < -0.4 is 5.32 Å². The average molecular weight is 408 g/mol. The summed E-state index contributed by atoms with van der Waals surface area (Å²) in [6.07, 6.45) is 0. The number of aromatic nitrogens is 1. The van der Waals surface area contributed by atoms with E-state index >= 15 is 0 Å². The molecule has 0 saturated heterocycles. The molecule has 1 N–H and O–H groups in total. The standard InChI is InChI=1S/C17H17N3O3S3/c1-11-6-7-12(26(22,23)20(2)3)9-13(11)18-16(21)14-10-25-17(19-14)15-5-4-8-24-15/h4-10H,1-3H3,(H,18,21). The first-order valence-electron chi connectivity index (χ1n) is 7.63. The second-order valence-corrected chi connectivity index (χ2v) is 9.69. The molecule has 6 nitrogen and oxygen atoms in total. The van der Waals surface area contributed by atoms with Gasteiger partial charge in [0.05, 0.1) is 9.77 Å². The minimum atomic E-state index is -3.57. The average Bonchev–Trinajstić information content (AvgIpc) is 3.27. The van der Waals surface area contributed by atoms with Crippen LogP contribution in [-0.4, -0.2) is 37.7 Å². The van der Waals surface area contributed by atoms with Crippen LogP contribution in [0.2, 0.25) is 0 Å². The minimum Gasteiger partial charge on any atom is -0.320 e. The molecule has 3 aromatic rings. The molecule has 0 fully saturated rings. The summed E-state index contributed by atoms with van der Waals surface area (Å²) in [5.74, 6) is -0.369. The van der Waals surface area contributed by atoms with Crippen LogP contribution in [0.4, 0.5) is 5.69 Å². The van der Waals surface area contributed by atoms with Crippen molar-refractivity contribution >= 4 is 44.3 Å². The Kier molecular flexibility index (Phi) is 5.24. The lowest BCUT2D eigenvalue weighted by atomic mass is 10.2. The molecule has 3 rings (SSSR count). The summed E-state index contributed by atoms with van der Waals surface area (Å²) in [6.45, 7) is 1.81. The first-order chi connectivity index (χ1) is 12.3. The molecule has 0 aliphatic carbocycles. The van der Waals surface area contributed by atoms with Crippen LogP contribution in [0.3, 0.4) is 0 Å². The Morgan fingerprint density at radius 3 is 2.62 bits per heavy atom. The van der Waals surface area contributed by atoms with Crippen LogP contribution in [0.1, 0.15) is 16.1 Å². The molecule has 26 heavy (non-hydrogen) atoms. The Morgan fingerprint density at radius 2 is 1.96 bits per heavy atom. The summed E-state index contributed by atoms with van der Waals surface area (Å²) >= 11 is 2.96. The molecule has 0 aliphatic rings. The molecule has 0 aliphatic heterocycles. The van der Waals surface area contributed by atoms with E-state index in [0.717, 1.165) is 19.8 Å². The summed E-state index contributed by atoms with van der Waals surface area (Å²) in [5, 5.41) is 7.19. The topological polar surface area (TPSA) is 79.4 Å². The minimum absolute atomic E-state index is 0.126. The highest BCUT2D eigenvalue weighted by Crippen LogP contribution is 2.28. The summed E-state index contributed by atoms with van der Waals surface area (Å²) in [4.78, 5) is 18.0. The van der Waals surface area contributed by atoms with Crippen molar-refractivity contribution in [1.82, 2.24) is 9.29 Å². The molecule has 9 heteroatoms. The molecule has 0 bridgehead atoms. The van der Waals surface area contributed by atoms with E-state index in [1.54, 1.807) is 29.7 Å². The van der Waals surface area contributed by atoms with Crippen LogP contribution >= 0.6 is 22.7 Å². The van der Waals surface area contributed by atoms with Gasteiger partial charge in [0.2, 0.25) is 10.0 Å². The van der Waals surface area contributed by atoms with Crippen LogP contribution in [0.25, 0.3) is 9.88 Å². The molecule has 1 aromatic carbocycles. The van der Waals surface area contributed by atoms with Crippen molar-refractivity contribution in [2.24, 2.45) is 0 Å². The number of nitrogens with zero attached hydrogens (tertiary/aromatic N) is 2. The Hall–Kier alpha value is -2.07. The van der Waals surface area contributed by atoms with Gasteiger partial charge in [-0.2, -0.15) is 0 Å². The molecule has 0 unspecified atom stereocenters. The number of benzene rings is 1. The molecule has 0 saturated carbocycles. The molecule has 136 valence electrons. The second kappa shape index (κ2) is 7.28. The van der Waals surface area contributed by atoms with Crippen molar-refractivity contribution < 1.29 is 13.2 Å². The number of carbonyl (C=O) groups is 1. The lowest BCUT2D eigenvalue weighted by molar-refractivity contribution is 0.102. The Morgan fingerprint density at radius 1 is 1.19 bits per heavy atom. The summed E-state index contributed by atoms with van der Waals surface area (Å²) in [5.41, 5.74) is 1.52. The zero-order valence-electron chi connectivity index (χ0n) is 14.4. The number of thiophene rings is 1. The van der Waals surface area contributed by atoms with Crippen molar-refractivity contribution in [2.75, 3.05) is 19.4 Å². The van der Waals surface area contributed by atoms with E-state index in [9.17, 15) is 13.2 Å². The van der Waals surface area contributed by atoms with Crippen LogP contribution in [0.15, 0.2) is 46.0 Å². The molecule has 2 aromatic heterocycles. The third kappa shape index (κ3) is 3.70. The maximum absolute atomic E-state index is 12.5. The van der Waals surface area contributed by atoms with Gasteiger partial charge in [-0.25, -0.2) is 17.7 Å². The monoisotopic (exact) mass is 407 g/mol. The van der Waals surface area contributed by atoms with Crippen LogP contribution in [0, 0.1) is 6.92 Å². The van der Waals surface area contributed by atoms with Crippen LogP contribution in [-0.2, 0) is 10.0 Å². The van der Waals surface area contributed by atoms with E-state index < -0.39 is 10.0 Å². The maximum Gasteiger partial charge on any atom is 0.275 e. The molecular formula is C17H17N3O3S3. The van der Waals surface area contributed by atoms with Gasteiger partial charge in [-0.05, 0) is 36.1 Å². The van der Waals surface area contributed by atoms with Gasteiger partial charge in [-0.3, -0.25) is 4.79 Å². The van der Waals surface area contributed by atoms with Crippen LogP contribution in [0.5, 0.6) is 0 Å². The normalized spacial score (nSPS) is 11.7. The highest BCUT2D eigenvalue weighted by Gasteiger charge is 2.19. The molecule has 0 radical (unpaired) electrons. The lowest BCUT2D eigenvalue weighted by Gasteiger charge is -2.14. The lowest BCUT2D eigenvalue weighted by Crippen LogP contribution is -2.22. The number of aryl methyl sites for hydroxylation is 1. The quantitative estimate of drug-likeness (QED) is 0.700. The molecule has 2 heterocycles. The van der Waals surface area contributed by atoms with Gasteiger partial charge in [0.15, 0.2) is 0 Å². The number of nitrogens with one attached hydrogen (secondary N) is 1. The molecule has 0 atom stereocenters. The fraction of sp³-hybridized carbons (Fsp3) is 0.176. The number of thiazole rings is 1. The van der Waals surface area contributed by atoms with Gasteiger partial charge in [-0.1, -0.05) is 12.1 Å². The van der Waals surface area contributed by atoms with Crippen molar-refractivity contribution in [3.63, 3.8) is 0 Å². The smallest absolute Gasteiger partial charge is 0.275 e. The number of carbonyl (C=O) groups excluding carboxylic acids is 1. The second-order valence-electron chi connectivity index (χ2n) is 5.73. The van der Waals surface area contributed by atoms with Gasteiger partial charge < -0.3 is 5.32 Å². The summed E-state index contributed by atoms with van der Waals surface area (Å²) in [6, 6.07) is 8.55. The number of hydrogen-bond acceptors (Lipinski definition) is 6. The molecule has 0 spiro atoms.